The van der Waals surface area contributed by atoms with Crippen LogP contribution in [0.3, 0.4) is 0 Å². The number of rotatable bonds is 5. The molecule has 0 aromatic heterocycles. The molecule has 3 fully saturated rings. The van der Waals surface area contributed by atoms with Crippen LogP contribution in [0.5, 0.6) is 0 Å². The van der Waals surface area contributed by atoms with Gasteiger partial charge in [0.1, 0.15) is 17.9 Å². The third-order valence-corrected chi connectivity index (χ3v) is 6.71. The van der Waals surface area contributed by atoms with Crippen LogP contribution in [0.4, 0.5) is 0 Å². The van der Waals surface area contributed by atoms with Gasteiger partial charge in [-0.25, -0.2) is 0 Å². The molecule has 9 heteroatoms. The zero-order valence-electron chi connectivity index (χ0n) is 19.1. The summed E-state index contributed by atoms with van der Waals surface area (Å²) >= 11 is 0. The molecule has 0 spiro atoms. The number of nitrogens with zero attached hydrogens (tertiary/aromatic N) is 2. The molecule has 2 amide bonds. The van der Waals surface area contributed by atoms with E-state index >= 15 is 0 Å². The van der Waals surface area contributed by atoms with Crippen LogP contribution in [-0.2, 0) is 39.9 Å². The third-order valence-electron chi connectivity index (χ3n) is 6.71. The average molecular weight is 456 g/mol. The van der Waals surface area contributed by atoms with Gasteiger partial charge in [0, 0.05) is 13.6 Å². The Kier molecular flexibility index (Phi) is 5.30. The highest BCUT2D eigenvalue weighted by Crippen LogP contribution is 2.48. The number of amides is 2. The minimum Gasteiger partial charge on any atom is -0.465 e. The van der Waals surface area contributed by atoms with E-state index in [0.29, 0.717) is 12.3 Å². The predicted octanol–water partition coefficient (Wildman–Crippen LogP) is 1.43. The first kappa shape index (κ1) is 22.1. The van der Waals surface area contributed by atoms with E-state index in [4.69, 9.17) is 18.9 Å². The van der Waals surface area contributed by atoms with E-state index in [0.717, 1.165) is 10.5 Å². The van der Waals surface area contributed by atoms with Crippen LogP contribution in [0.25, 0.3) is 0 Å². The lowest BCUT2D eigenvalue weighted by Crippen LogP contribution is -2.48. The molecule has 1 aromatic carbocycles. The summed E-state index contributed by atoms with van der Waals surface area (Å²) in [5.74, 6) is -3.15. The molecule has 1 aromatic rings. The SMILES string of the molecule is CCOC(=O)[C@H]1[C@@H]2C(=O)N(C)C(=O)[C@@H]2[C@H](C2=C[C@H]3OC(C)(C)O[C@H]3O2)N1Cc1ccccc1. The van der Waals surface area contributed by atoms with Crippen LogP contribution in [0, 0.1) is 11.8 Å². The number of carbonyl (C=O) groups excluding carboxylic acids is 3. The summed E-state index contributed by atoms with van der Waals surface area (Å²) in [7, 11) is 1.46. The molecule has 0 aliphatic carbocycles. The molecule has 5 rings (SSSR count). The van der Waals surface area contributed by atoms with Gasteiger partial charge in [-0.2, -0.15) is 0 Å². The Morgan fingerprint density at radius 2 is 1.79 bits per heavy atom. The molecule has 4 heterocycles. The zero-order valence-corrected chi connectivity index (χ0v) is 19.1. The lowest BCUT2D eigenvalue weighted by Gasteiger charge is -2.32. The molecule has 176 valence electrons. The maximum Gasteiger partial charge on any atom is 0.324 e. The summed E-state index contributed by atoms with van der Waals surface area (Å²) in [4.78, 5) is 42.4. The summed E-state index contributed by atoms with van der Waals surface area (Å²) in [5.41, 5.74) is 0.942. The molecule has 33 heavy (non-hydrogen) atoms. The Hall–Kier alpha value is -2.75. The standard InChI is InChI=1S/C24H28N2O7/c1-5-30-22(29)19-17-16(20(27)25(4)21(17)28)18(26(19)12-13-9-7-6-8-10-13)14-11-15-23(31-14)33-24(2,3)32-15/h6-11,15-19,23H,5,12H2,1-4H3/t15-,16+,17-,18+,19-,23-/m1/s1. The number of likely N-dealkylation sites (tertiary alicyclic amines) is 2. The number of benzene rings is 1. The summed E-state index contributed by atoms with van der Waals surface area (Å²) in [6.07, 6.45) is 0.736. The first-order valence-corrected chi connectivity index (χ1v) is 11.2. The summed E-state index contributed by atoms with van der Waals surface area (Å²) in [6, 6.07) is 8.06. The normalized spacial score (nSPS) is 34.8. The number of fused-ring (bicyclic) bond motifs is 2. The number of carbonyl (C=O) groups is 3. The molecule has 0 radical (unpaired) electrons. The van der Waals surface area contributed by atoms with Gasteiger partial charge in [0.25, 0.3) is 0 Å². The molecular formula is C24H28N2O7. The zero-order chi connectivity index (χ0) is 23.5. The second kappa shape index (κ2) is 7.93. The number of ether oxygens (including phenoxy) is 4. The molecule has 9 nitrogen and oxygen atoms in total. The highest BCUT2D eigenvalue weighted by atomic mass is 16.8. The van der Waals surface area contributed by atoms with Crippen molar-refractivity contribution < 1.29 is 33.3 Å². The van der Waals surface area contributed by atoms with E-state index in [9.17, 15) is 14.4 Å². The van der Waals surface area contributed by atoms with Gasteiger partial charge in [-0.15, -0.1) is 0 Å². The van der Waals surface area contributed by atoms with E-state index in [1.54, 1.807) is 20.8 Å². The molecule has 0 unspecified atom stereocenters. The fraction of sp³-hybridized carbons (Fsp3) is 0.542. The fourth-order valence-corrected chi connectivity index (χ4v) is 5.42. The second-order valence-electron chi connectivity index (χ2n) is 9.24. The maximum absolute atomic E-state index is 13.2. The van der Waals surface area contributed by atoms with Crippen molar-refractivity contribution in [2.45, 2.75) is 57.6 Å². The summed E-state index contributed by atoms with van der Waals surface area (Å²) in [6.45, 7) is 5.85. The van der Waals surface area contributed by atoms with Crippen molar-refractivity contribution >= 4 is 17.8 Å². The summed E-state index contributed by atoms with van der Waals surface area (Å²) < 4.78 is 23.2. The van der Waals surface area contributed by atoms with Crippen molar-refractivity contribution in [2.75, 3.05) is 13.7 Å². The second-order valence-corrected chi connectivity index (χ2v) is 9.24. The smallest absolute Gasteiger partial charge is 0.324 e. The maximum atomic E-state index is 13.2. The molecule has 0 saturated carbocycles. The predicted molar refractivity (Wildman–Crippen MR) is 114 cm³/mol. The monoisotopic (exact) mass is 456 g/mol. The lowest BCUT2D eigenvalue weighted by atomic mass is 9.88. The topological polar surface area (TPSA) is 94.6 Å². The van der Waals surface area contributed by atoms with Crippen molar-refractivity contribution in [3.8, 4) is 0 Å². The van der Waals surface area contributed by atoms with Gasteiger partial charge in [0.05, 0.1) is 24.5 Å². The van der Waals surface area contributed by atoms with Crippen molar-refractivity contribution in [2.24, 2.45) is 11.8 Å². The Morgan fingerprint density at radius 3 is 2.45 bits per heavy atom. The number of hydrogen-bond acceptors (Lipinski definition) is 8. The van der Waals surface area contributed by atoms with Gasteiger partial charge in [-0.1, -0.05) is 30.3 Å². The van der Waals surface area contributed by atoms with Crippen LogP contribution in [0.2, 0.25) is 0 Å². The molecule has 3 saturated heterocycles. The highest BCUT2D eigenvalue weighted by Gasteiger charge is 2.66. The molecule has 0 bridgehead atoms. The number of hydrogen-bond donors (Lipinski definition) is 0. The molecule has 4 aliphatic heterocycles. The third kappa shape index (κ3) is 3.55. The molecule has 4 aliphatic rings. The lowest BCUT2D eigenvalue weighted by molar-refractivity contribution is -0.184. The van der Waals surface area contributed by atoms with Gasteiger partial charge < -0.3 is 18.9 Å². The van der Waals surface area contributed by atoms with E-state index in [-0.39, 0.29) is 18.4 Å². The number of imide groups is 1. The van der Waals surface area contributed by atoms with E-state index < -0.39 is 48.1 Å². The number of esters is 1. The van der Waals surface area contributed by atoms with Crippen LogP contribution in [0.15, 0.2) is 42.2 Å². The Morgan fingerprint density at radius 1 is 1.09 bits per heavy atom. The molecule has 6 atom stereocenters. The van der Waals surface area contributed by atoms with Gasteiger partial charge in [-0.3, -0.25) is 24.2 Å². The largest absolute Gasteiger partial charge is 0.465 e. The van der Waals surface area contributed by atoms with Crippen molar-refractivity contribution in [1.29, 1.82) is 0 Å². The minimum atomic E-state index is -0.912. The van der Waals surface area contributed by atoms with Gasteiger partial charge in [0.15, 0.2) is 5.79 Å². The van der Waals surface area contributed by atoms with E-state index in [1.807, 2.05) is 41.3 Å². The Labute approximate surface area is 192 Å². The van der Waals surface area contributed by atoms with Crippen LogP contribution >= 0.6 is 0 Å². The Balaban J connectivity index is 1.57. The average Bonchev–Trinajstić information content (AvgIpc) is 3.43. The highest BCUT2D eigenvalue weighted by molar-refractivity contribution is 6.08. The van der Waals surface area contributed by atoms with Gasteiger partial charge in [0.2, 0.25) is 18.1 Å². The van der Waals surface area contributed by atoms with Crippen molar-refractivity contribution in [3.05, 3.63) is 47.7 Å². The molecule has 0 N–H and O–H groups in total. The van der Waals surface area contributed by atoms with Crippen LogP contribution in [-0.4, -0.2) is 71.5 Å². The fourth-order valence-electron chi connectivity index (χ4n) is 5.42. The summed E-state index contributed by atoms with van der Waals surface area (Å²) in [5, 5.41) is 0. The van der Waals surface area contributed by atoms with Gasteiger partial charge in [-0.05, 0) is 32.4 Å². The van der Waals surface area contributed by atoms with Crippen molar-refractivity contribution in [1.82, 2.24) is 9.80 Å². The van der Waals surface area contributed by atoms with E-state index in [1.165, 1.54) is 7.05 Å². The van der Waals surface area contributed by atoms with E-state index in [2.05, 4.69) is 0 Å². The first-order valence-electron chi connectivity index (χ1n) is 11.2. The Bertz CT molecular complexity index is 1010. The van der Waals surface area contributed by atoms with Crippen LogP contribution in [0.1, 0.15) is 26.3 Å². The first-order chi connectivity index (χ1) is 15.7. The molecular weight excluding hydrogens is 428 g/mol. The van der Waals surface area contributed by atoms with Gasteiger partial charge >= 0.3 is 5.97 Å². The van der Waals surface area contributed by atoms with Crippen molar-refractivity contribution in [3.63, 3.8) is 0 Å². The minimum absolute atomic E-state index is 0.175. The van der Waals surface area contributed by atoms with Crippen LogP contribution < -0.4 is 0 Å². The quantitative estimate of drug-likeness (QED) is 0.485.